The lowest BCUT2D eigenvalue weighted by atomic mass is 10.3. The third-order valence-electron chi connectivity index (χ3n) is 1.21. The van der Waals surface area contributed by atoms with Crippen LogP contribution in [0.4, 0.5) is 0 Å². The summed E-state index contributed by atoms with van der Waals surface area (Å²) in [6.45, 7) is 2.92. The van der Waals surface area contributed by atoms with E-state index in [9.17, 15) is 9.59 Å². The fraction of sp³-hybridized carbons (Fsp3) is 0.667. The number of nitrogens with two attached hydrogens (primary N) is 2. The van der Waals surface area contributed by atoms with Gasteiger partial charge in [0.05, 0.1) is 0 Å². The summed E-state index contributed by atoms with van der Waals surface area (Å²) in [5.74, 6) is -1.23. The maximum atomic E-state index is 10.4. The van der Waals surface area contributed by atoms with Crippen LogP contribution in [0.1, 0.15) is 13.8 Å². The minimum absolute atomic E-state index is 0.613. The van der Waals surface area contributed by atoms with Gasteiger partial charge in [0, 0.05) is 0 Å². The monoisotopic (exact) mass is 160 g/mol. The van der Waals surface area contributed by atoms with Gasteiger partial charge in [-0.3, -0.25) is 9.59 Å². The second-order valence-electron chi connectivity index (χ2n) is 2.23. The molecule has 5 nitrogen and oxygen atoms in total. The van der Waals surface area contributed by atoms with Crippen LogP contribution < -0.4 is 11.5 Å². The first-order chi connectivity index (χ1) is 4.95. The fourth-order valence-corrected chi connectivity index (χ4v) is 0.440. The zero-order valence-corrected chi connectivity index (χ0v) is 6.53. The van der Waals surface area contributed by atoms with Gasteiger partial charge in [0.15, 0.2) is 0 Å². The Hall–Kier alpha value is -1.10. The van der Waals surface area contributed by atoms with E-state index in [-0.39, 0.29) is 0 Å². The Bertz CT molecular complexity index is 151. The molecule has 0 unspecified atom stereocenters. The number of carbonyl (C=O) groups is 2. The van der Waals surface area contributed by atoms with Crippen molar-refractivity contribution in [3.05, 3.63) is 0 Å². The van der Waals surface area contributed by atoms with E-state index < -0.39 is 24.0 Å². The lowest BCUT2D eigenvalue weighted by Gasteiger charge is -2.12. The molecule has 0 aliphatic heterocycles. The molecule has 0 bridgehead atoms. The van der Waals surface area contributed by atoms with Gasteiger partial charge in [0.1, 0.15) is 12.2 Å². The highest BCUT2D eigenvalue weighted by Crippen LogP contribution is 1.95. The van der Waals surface area contributed by atoms with Gasteiger partial charge in [-0.1, -0.05) is 0 Å². The normalized spacial score (nSPS) is 15.5. The molecule has 0 fully saturated rings. The summed E-state index contributed by atoms with van der Waals surface area (Å²) in [5.41, 5.74) is 9.74. The van der Waals surface area contributed by atoms with Crippen molar-refractivity contribution < 1.29 is 14.3 Å². The number of rotatable bonds is 4. The molecule has 0 spiro atoms. The van der Waals surface area contributed by atoms with Crippen molar-refractivity contribution in [2.75, 3.05) is 0 Å². The smallest absolute Gasteiger partial charge is 0.246 e. The summed E-state index contributed by atoms with van der Waals surface area (Å²) in [5, 5.41) is 0. The van der Waals surface area contributed by atoms with Crippen LogP contribution in [0.5, 0.6) is 0 Å². The first-order valence-corrected chi connectivity index (χ1v) is 3.19. The Morgan fingerprint density at radius 3 is 1.55 bits per heavy atom. The Morgan fingerprint density at radius 2 is 1.36 bits per heavy atom. The summed E-state index contributed by atoms with van der Waals surface area (Å²) in [6, 6.07) is 0. The molecule has 0 rings (SSSR count). The molecule has 5 heteroatoms. The highest BCUT2D eigenvalue weighted by molar-refractivity contribution is 5.81. The van der Waals surface area contributed by atoms with Crippen molar-refractivity contribution in [3.63, 3.8) is 0 Å². The van der Waals surface area contributed by atoms with Crippen LogP contribution in [0.25, 0.3) is 0 Å². The molecule has 0 aromatic carbocycles. The van der Waals surface area contributed by atoms with Gasteiger partial charge < -0.3 is 16.2 Å². The molecule has 2 amide bonds. The number of amides is 2. The number of carbonyl (C=O) groups excluding carboxylic acids is 2. The molecule has 0 radical (unpaired) electrons. The second-order valence-corrected chi connectivity index (χ2v) is 2.23. The predicted octanol–water partition coefficient (Wildman–Crippen LogP) is -1.25. The first-order valence-electron chi connectivity index (χ1n) is 3.19. The lowest BCUT2D eigenvalue weighted by molar-refractivity contribution is -0.139. The van der Waals surface area contributed by atoms with Crippen molar-refractivity contribution in [1.82, 2.24) is 0 Å². The molecule has 0 heterocycles. The van der Waals surface area contributed by atoms with Crippen LogP contribution in [-0.2, 0) is 14.3 Å². The van der Waals surface area contributed by atoms with Gasteiger partial charge in [0.25, 0.3) is 0 Å². The van der Waals surface area contributed by atoms with Gasteiger partial charge in [-0.15, -0.1) is 0 Å². The van der Waals surface area contributed by atoms with Crippen molar-refractivity contribution in [2.24, 2.45) is 11.5 Å². The molecule has 4 N–H and O–H groups in total. The molecule has 2 atom stereocenters. The topological polar surface area (TPSA) is 95.4 Å². The predicted molar refractivity (Wildman–Crippen MR) is 38.4 cm³/mol. The summed E-state index contributed by atoms with van der Waals surface area (Å²) < 4.78 is 4.82. The molecule has 64 valence electrons. The van der Waals surface area contributed by atoms with Crippen LogP contribution in [0.3, 0.4) is 0 Å². The Balaban J connectivity index is 3.84. The molecule has 0 aliphatic carbocycles. The number of hydrogen-bond donors (Lipinski definition) is 2. The largest absolute Gasteiger partial charge is 0.367 e. The Morgan fingerprint density at radius 1 is 1.09 bits per heavy atom. The molecular weight excluding hydrogens is 148 g/mol. The van der Waals surface area contributed by atoms with Crippen molar-refractivity contribution in [3.8, 4) is 0 Å². The zero-order valence-electron chi connectivity index (χ0n) is 6.53. The van der Waals surface area contributed by atoms with E-state index in [0.29, 0.717) is 0 Å². The maximum absolute atomic E-state index is 10.4. The van der Waals surface area contributed by atoms with Crippen molar-refractivity contribution in [2.45, 2.75) is 26.1 Å². The van der Waals surface area contributed by atoms with Gasteiger partial charge in [-0.2, -0.15) is 0 Å². The van der Waals surface area contributed by atoms with Gasteiger partial charge >= 0.3 is 0 Å². The molecule has 0 aliphatic rings. The first kappa shape index (κ1) is 9.90. The van der Waals surface area contributed by atoms with E-state index in [1.807, 2.05) is 0 Å². The van der Waals surface area contributed by atoms with E-state index in [4.69, 9.17) is 16.2 Å². The Kier molecular flexibility index (Phi) is 3.53. The third-order valence-corrected chi connectivity index (χ3v) is 1.21. The summed E-state index contributed by atoms with van der Waals surface area (Å²) in [4.78, 5) is 20.8. The second kappa shape index (κ2) is 3.92. The van der Waals surface area contributed by atoms with E-state index in [1.165, 1.54) is 13.8 Å². The van der Waals surface area contributed by atoms with Crippen LogP contribution in [0.2, 0.25) is 0 Å². The third kappa shape index (κ3) is 3.57. The number of ether oxygens (including phenoxy) is 1. The number of primary amides is 2. The maximum Gasteiger partial charge on any atom is 0.246 e. The van der Waals surface area contributed by atoms with Crippen LogP contribution in [0.15, 0.2) is 0 Å². The van der Waals surface area contributed by atoms with Crippen molar-refractivity contribution >= 4 is 11.8 Å². The minimum atomic E-state index is -0.780. The zero-order chi connectivity index (χ0) is 9.02. The van der Waals surface area contributed by atoms with Crippen LogP contribution in [-0.4, -0.2) is 24.0 Å². The Labute approximate surface area is 64.7 Å². The summed E-state index contributed by atoms with van der Waals surface area (Å²) in [7, 11) is 0. The van der Waals surface area contributed by atoms with E-state index in [1.54, 1.807) is 0 Å². The molecule has 0 aromatic rings. The summed E-state index contributed by atoms with van der Waals surface area (Å²) >= 11 is 0. The molecule has 0 aromatic heterocycles. The van der Waals surface area contributed by atoms with Crippen LogP contribution in [0, 0.1) is 0 Å². The SMILES string of the molecule is C[C@@H](O[C@H](C)C(N)=O)C(N)=O. The van der Waals surface area contributed by atoms with Crippen molar-refractivity contribution in [1.29, 1.82) is 0 Å². The highest BCUT2D eigenvalue weighted by atomic mass is 16.5. The molecule has 0 saturated heterocycles. The lowest BCUT2D eigenvalue weighted by Crippen LogP contribution is -2.37. The van der Waals surface area contributed by atoms with E-state index >= 15 is 0 Å². The fourth-order valence-electron chi connectivity index (χ4n) is 0.440. The summed E-state index contributed by atoms with van der Waals surface area (Å²) in [6.07, 6.45) is -1.56. The average molecular weight is 160 g/mol. The van der Waals surface area contributed by atoms with E-state index in [2.05, 4.69) is 0 Å². The van der Waals surface area contributed by atoms with E-state index in [0.717, 1.165) is 0 Å². The average Bonchev–Trinajstić information content (AvgIpc) is 1.87. The number of hydrogen-bond acceptors (Lipinski definition) is 3. The minimum Gasteiger partial charge on any atom is -0.367 e. The van der Waals surface area contributed by atoms with Gasteiger partial charge in [0.2, 0.25) is 11.8 Å². The van der Waals surface area contributed by atoms with Gasteiger partial charge in [-0.25, -0.2) is 0 Å². The molecule has 11 heavy (non-hydrogen) atoms. The molecule has 0 saturated carbocycles. The standard InChI is InChI=1S/C6H12N2O3/c1-3(5(7)9)11-4(2)6(8)10/h3-4H,1-2H3,(H2,7,9)(H2,8,10)/t3-,4-/m1/s1. The highest BCUT2D eigenvalue weighted by Gasteiger charge is 2.16. The van der Waals surface area contributed by atoms with Crippen LogP contribution >= 0.6 is 0 Å². The quantitative estimate of drug-likeness (QED) is 0.538. The van der Waals surface area contributed by atoms with Gasteiger partial charge in [-0.05, 0) is 13.8 Å². The molecular formula is C6H12N2O3.